The molecule has 0 bridgehead atoms. The lowest BCUT2D eigenvalue weighted by atomic mass is 10.2. The van der Waals surface area contributed by atoms with Gasteiger partial charge in [-0.25, -0.2) is 4.79 Å². The lowest BCUT2D eigenvalue weighted by Gasteiger charge is -2.24. The number of anilines is 1. The van der Waals surface area contributed by atoms with E-state index in [1.54, 1.807) is 57.0 Å². The molecule has 2 N–H and O–H groups in total. The van der Waals surface area contributed by atoms with E-state index in [1.807, 2.05) is 0 Å². The van der Waals surface area contributed by atoms with Gasteiger partial charge in [0.2, 0.25) is 11.8 Å². The van der Waals surface area contributed by atoms with E-state index in [-0.39, 0.29) is 18.2 Å². The molecule has 1 heterocycles. The molecule has 8 heteroatoms. The maximum atomic E-state index is 12.6. The smallest absolute Gasteiger partial charge is 0.407 e. The molecule has 0 aromatic heterocycles. The average Bonchev–Trinajstić information content (AvgIpc) is 3.14. The molecule has 2 rings (SSSR count). The van der Waals surface area contributed by atoms with Crippen LogP contribution < -0.4 is 15.4 Å². The summed E-state index contributed by atoms with van der Waals surface area (Å²) in [6.45, 7) is 6.29. The van der Waals surface area contributed by atoms with E-state index >= 15 is 0 Å². The van der Waals surface area contributed by atoms with Crippen LogP contribution in [-0.4, -0.2) is 54.6 Å². The molecular formula is C21H31N3O5. The van der Waals surface area contributed by atoms with Crippen LogP contribution in [0.2, 0.25) is 0 Å². The van der Waals surface area contributed by atoms with Crippen LogP contribution in [0.5, 0.6) is 5.75 Å². The highest BCUT2D eigenvalue weighted by Gasteiger charge is 2.33. The maximum absolute atomic E-state index is 12.6. The predicted octanol–water partition coefficient (Wildman–Crippen LogP) is 2.93. The molecule has 1 aliphatic rings. The van der Waals surface area contributed by atoms with Gasteiger partial charge in [0.05, 0.1) is 7.11 Å². The highest BCUT2D eigenvalue weighted by molar-refractivity contribution is 5.97. The fourth-order valence-electron chi connectivity index (χ4n) is 3.13. The maximum Gasteiger partial charge on any atom is 0.407 e. The summed E-state index contributed by atoms with van der Waals surface area (Å²) < 4.78 is 10.3. The van der Waals surface area contributed by atoms with E-state index in [2.05, 4.69) is 10.6 Å². The predicted molar refractivity (Wildman–Crippen MR) is 110 cm³/mol. The van der Waals surface area contributed by atoms with Crippen molar-refractivity contribution in [2.45, 2.75) is 58.1 Å². The first kappa shape index (κ1) is 22.5. The van der Waals surface area contributed by atoms with Gasteiger partial charge in [-0.15, -0.1) is 0 Å². The summed E-state index contributed by atoms with van der Waals surface area (Å²) in [5, 5.41) is 5.50. The zero-order chi connectivity index (χ0) is 21.4. The molecule has 8 nitrogen and oxygen atoms in total. The first-order valence-electron chi connectivity index (χ1n) is 9.91. The number of rotatable bonds is 7. The van der Waals surface area contributed by atoms with Gasteiger partial charge in [0.25, 0.3) is 0 Å². The zero-order valence-electron chi connectivity index (χ0n) is 17.6. The first-order chi connectivity index (χ1) is 13.7. The van der Waals surface area contributed by atoms with E-state index in [0.29, 0.717) is 37.4 Å². The lowest BCUT2D eigenvalue weighted by molar-refractivity contribution is -0.136. The summed E-state index contributed by atoms with van der Waals surface area (Å²) in [6.07, 6.45) is 1.69. The summed E-state index contributed by atoms with van der Waals surface area (Å²) in [6, 6.07) is 6.60. The molecule has 0 aliphatic carbocycles. The second-order valence-corrected chi connectivity index (χ2v) is 8.00. The topological polar surface area (TPSA) is 97.0 Å². The van der Waals surface area contributed by atoms with Crippen LogP contribution in [-0.2, 0) is 14.3 Å². The number of carbonyl (C=O) groups excluding carboxylic acids is 3. The number of carbonyl (C=O) groups is 3. The van der Waals surface area contributed by atoms with Crippen LogP contribution in [0.4, 0.5) is 10.5 Å². The molecule has 3 amide bonds. The third kappa shape index (κ3) is 7.29. The van der Waals surface area contributed by atoms with Crippen molar-refractivity contribution in [1.29, 1.82) is 0 Å². The number of hydrogen-bond acceptors (Lipinski definition) is 5. The Kier molecular flexibility index (Phi) is 7.87. The lowest BCUT2D eigenvalue weighted by Crippen LogP contribution is -2.43. The molecule has 1 saturated heterocycles. The monoisotopic (exact) mass is 405 g/mol. The fraction of sp³-hybridized carbons (Fsp3) is 0.571. The Morgan fingerprint density at radius 2 is 1.86 bits per heavy atom. The second-order valence-electron chi connectivity index (χ2n) is 8.00. The molecule has 1 aliphatic heterocycles. The van der Waals surface area contributed by atoms with E-state index < -0.39 is 17.7 Å². The quantitative estimate of drug-likeness (QED) is 0.680. The standard InChI is InChI=1S/C21H31N3O5/c1-21(2,3)29-20(27)22-13-5-8-18(25)24-14-6-7-17(24)19(26)23-15-9-11-16(28-4)12-10-15/h9-12,17H,5-8,13-14H2,1-4H3,(H,22,27)(H,23,26). The number of benzene rings is 1. The number of methoxy groups -OCH3 is 1. The molecule has 1 aromatic carbocycles. The van der Waals surface area contributed by atoms with Crippen LogP contribution in [0.1, 0.15) is 46.5 Å². The Hall–Kier alpha value is -2.77. The summed E-state index contributed by atoms with van der Waals surface area (Å²) in [7, 11) is 1.58. The minimum absolute atomic E-state index is 0.0802. The van der Waals surface area contributed by atoms with Crippen LogP contribution in [0.25, 0.3) is 0 Å². The van der Waals surface area contributed by atoms with E-state index in [1.165, 1.54) is 0 Å². The summed E-state index contributed by atoms with van der Waals surface area (Å²) in [5.74, 6) is 0.442. The first-order valence-corrected chi connectivity index (χ1v) is 9.91. The van der Waals surface area contributed by atoms with Crippen LogP contribution in [0, 0.1) is 0 Å². The molecule has 29 heavy (non-hydrogen) atoms. The average molecular weight is 405 g/mol. The number of ether oxygens (including phenoxy) is 2. The van der Waals surface area contributed by atoms with Gasteiger partial charge < -0.3 is 25.0 Å². The summed E-state index contributed by atoms with van der Waals surface area (Å²) in [5.41, 5.74) is 0.108. The van der Waals surface area contributed by atoms with Crippen molar-refractivity contribution in [1.82, 2.24) is 10.2 Å². The molecule has 1 aromatic rings. The molecule has 1 unspecified atom stereocenters. The van der Waals surface area contributed by atoms with Crippen molar-refractivity contribution < 1.29 is 23.9 Å². The molecule has 0 saturated carbocycles. The van der Waals surface area contributed by atoms with Gasteiger partial charge in [-0.05, 0) is 64.3 Å². The number of likely N-dealkylation sites (tertiary alicyclic amines) is 1. The number of amides is 3. The molecule has 0 radical (unpaired) electrons. The van der Waals surface area contributed by atoms with Gasteiger partial charge in [0.1, 0.15) is 17.4 Å². The Labute approximate surface area is 171 Å². The van der Waals surface area contributed by atoms with Gasteiger partial charge in [-0.3, -0.25) is 9.59 Å². The third-order valence-corrected chi connectivity index (χ3v) is 4.47. The van der Waals surface area contributed by atoms with Crippen molar-refractivity contribution in [2.24, 2.45) is 0 Å². The van der Waals surface area contributed by atoms with Crippen molar-refractivity contribution in [2.75, 3.05) is 25.5 Å². The van der Waals surface area contributed by atoms with Crippen molar-refractivity contribution in [3.05, 3.63) is 24.3 Å². The van der Waals surface area contributed by atoms with E-state index in [9.17, 15) is 14.4 Å². The largest absolute Gasteiger partial charge is 0.497 e. The summed E-state index contributed by atoms with van der Waals surface area (Å²) in [4.78, 5) is 38.4. The van der Waals surface area contributed by atoms with Crippen molar-refractivity contribution in [3.63, 3.8) is 0 Å². The number of nitrogens with one attached hydrogen (secondary N) is 2. The second kappa shape index (κ2) is 10.1. The van der Waals surface area contributed by atoms with Crippen LogP contribution in [0.15, 0.2) is 24.3 Å². The van der Waals surface area contributed by atoms with Crippen molar-refractivity contribution in [3.8, 4) is 5.75 Å². The fourth-order valence-corrected chi connectivity index (χ4v) is 3.13. The number of alkyl carbamates (subject to hydrolysis) is 1. The minimum Gasteiger partial charge on any atom is -0.497 e. The van der Waals surface area contributed by atoms with Crippen LogP contribution in [0.3, 0.4) is 0 Å². The SMILES string of the molecule is COc1ccc(NC(=O)C2CCCN2C(=O)CCCNC(=O)OC(C)(C)C)cc1. The molecule has 160 valence electrons. The minimum atomic E-state index is -0.556. The molecular weight excluding hydrogens is 374 g/mol. The van der Waals surface area contributed by atoms with Gasteiger partial charge in [-0.1, -0.05) is 0 Å². The summed E-state index contributed by atoms with van der Waals surface area (Å²) >= 11 is 0. The number of hydrogen-bond donors (Lipinski definition) is 2. The van der Waals surface area contributed by atoms with Crippen molar-refractivity contribution >= 4 is 23.6 Å². The van der Waals surface area contributed by atoms with Gasteiger partial charge >= 0.3 is 6.09 Å². The zero-order valence-corrected chi connectivity index (χ0v) is 17.6. The third-order valence-electron chi connectivity index (χ3n) is 4.47. The van der Waals surface area contributed by atoms with Gasteiger partial charge in [0.15, 0.2) is 0 Å². The van der Waals surface area contributed by atoms with Gasteiger partial charge in [-0.2, -0.15) is 0 Å². The van der Waals surface area contributed by atoms with E-state index in [0.717, 1.165) is 6.42 Å². The Balaban J connectivity index is 1.78. The Bertz CT molecular complexity index is 712. The number of nitrogens with zero attached hydrogens (tertiary/aromatic N) is 1. The molecule has 1 fully saturated rings. The normalized spacial score (nSPS) is 16.3. The van der Waals surface area contributed by atoms with E-state index in [4.69, 9.17) is 9.47 Å². The molecule has 1 atom stereocenters. The van der Waals surface area contributed by atoms with Crippen LogP contribution >= 0.6 is 0 Å². The van der Waals surface area contributed by atoms with Gasteiger partial charge in [0, 0.05) is 25.2 Å². The Morgan fingerprint density at radius 3 is 2.48 bits per heavy atom. The Morgan fingerprint density at radius 1 is 1.17 bits per heavy atom. The highest BCUT2D eigenvalue weighted by atomic mass is 16.6. The highest BCUT2D eigenvalue weighted by Crippen LogP contribution is 2.21. The molecule has 0 spiro atoms.